The number of carbonyl (C=O) groups excluding carboxylic acids is 1. The van der Waals surface area contributed by atoms with Crippen molar-refractivity contribution < 1.29 is 14.3 Å². The molecular formula is C14H17BrO3. The number of rotatable bonds is 4. The zero-order valence-electron chi connectivity index (χ0n) is 10.7. The fourth-order valence-corrected chi connectivity index (χ4v) is 2.65. The van der Waals surface area contributed by atoms with E-state index in [0.29, 0.717) is 13.0 Å². The fraction of sp³-hybridized carbons (Fsp3) is 0.500. The van der Waals surface area contributed by atoms with Gasteiger partial charge in [0.15, 0.2) is 5.78 Å². The lowest BCUT2D eigenvalue weighted by atomic mass is 9.92. The maximum Gasteiger partial charge on any atom is 0.168 e. The lowest BCUT2D eigenvalue weighted by Crippen LogP contribution is -2.35. The molecule has 0 aromatic heterocycles. The first-order chi connectivity index (χ1) is 8.55. The highest BCUT2D eigenvalue weighted by molar-refractivity contribution is 9.10. The number of methoxy groups -OCH3 is 1. The summed E-state index contributed by atoms with van der Waals surface area (Å²) in [4.78, 5) is 12.3. The lowest BCUT2D eigenvalue weighted by molar-refractivity contribution is -0.136. The third-order valence-electron chi connectivity index (χ3n) is 3.40. The molecule has 0 bridgehead atoms. The number of ketones is 1. The van der Waals surface area contributed by atoms with Crippen LogP contribution in [0.2, 0.25) is 0 Å². The van der Waals surface area contributed by atoms with Crippen molar-refractivity contribution in [2.45, 2.75) is 31.8 Å². The number of ether oxygens (including phenoxy) is 2. The molecule has 0 aliphatic carbocycles. The second-order valence-corrected chi connectivity index (χ2v) is 5.65. The Balaban J connectivity index is 2.18. The van der Waals surface area contributed by atoms with E-state index in [0.717, 1.165) is 28.6 Å². The monoisotopic (exact) mass is 312 g/mol. The predicted molar refractivity (Wildman–Crippen MR) is 73.0 cm³/mol. The average Bonchev–Trinajstić information content (AvgIpc) is 2.78. The van der Waals surface area contributed by atoms with E-state index >= 15 is 0 Å². The fourth-order valence-electron chi connectivity index (χ4n) is 2.24. The number of hydrogen-bond donors (Lipinski definition) is 0. The standard InChI is InChI=1S/C14H17BrO3/c1-14(6-3-7-18-14)13(16)9-10-8-11(15)4-5-12(10)17-2/h4-5,8H,3,6-7,9H2,1-2H3. The van der Waals surface area contributed by atoms with E-state index in [4.69, 9.17) is 9.47 Å². The van der Waals surface area contributed by atoms with Crippen LogP contribution in [0.5, 0.6) is 5.75 Å². The van der Waals surface area contributed by atoms with Gasteiger partial charge in [0.1, 0.15) is 11.4 Å². The van der Waals surface area contributed by atoms with Gasteiger partial charge in [-0.05, 0) is 38.0 Å². The summed E-state index contributed by atoms with van der Waals surface area (Å²) < 4.78 is 11.8. The van der Waals surface area contributed by atoms with E-state index in [1.54, 1.807) is 7.11 Å². The van der Waals surface area contributed by atoms with Crippen LogP contribution in [0, 0.1) is 0 Å². The summed E-state index contributed by atoms with van der Waals surface area (Å²) in [5, 5.41) is 0. The Hall–Kier alpha value is -0.870. The maximum atomic E-state index is 12.3. The molecule has 1 aliphatic rings. The van der Waals surface area contributed by atoms with Crippen LogP contribution in [-0.4, -0.2) is 25.1 Å². The second-order valence-electron chi connectivity index (χ2n) is 4.74. The van der Waals surface area contributed by atoms with Crippen LogP contribution in [0.25, 0.3) is 0 Å². The molecule has 1 atom stereocenters. The van der Waals surface area contributed by atoms with Crippen LogP contribution in [0.15, 0.2) is 22.7 Å². The van der Waals surface area contributed by atoms with Gasteiger partial charge in [-0.1, -0.05) is 15.9 Å². The minimum Gasteiger partial charge on any atom is -0.496 e. The molecular weight excluding hydrogens is 296 g/mol. The van der Waals surface area contributed by atoms with Gasteiger partial charge in [0.2, 0.25) is 0 Å². The van der Waals surface area contributed by atoms with Crippen molar-refractivity contribution in [3.05, 3.63) is 28.2 Å². The third kappa shape index (κ3) is 2.75. The molecule has 98 valence electrons. The number of halogens is 1. The molecule has 1 heterocycles. The normalized spacial score (nSPS) is 23.1. The molecule has 0 amide bonds. The maximum absolute atomic E-state index is 12.3. The SMILES string of the molecule is COc1ccc(Br)cc1CC(=O)C1(C)CCCO1. The van der Waals surface area contributed by atoms with E-state index in [1.165, 1.54) is 0 Å². The van der Waals surface area contributed by atoms with Crippen LogP contribution >= 0.6 is 15.9 Å². The summed E-state index contributed by atoms with van der Waals surface area (Å²) in [5.41, 5.74) is 0.279. The van der Waals surface area contributed by atoms with Crippen molar-refractivity contribution in [1.29, 1.82) is 0 Å². The van der Waals surface area contributed by atoms with Gasteiger partial charge >= 0.3 is 0 Å². The first kappa shape index (κ1) is 13.6. The summed E-state index contributed by atoms with van der Waals surface area (Å²) >= 11 is 3.41. The Kier molecular flexibility index (Phi) is 4.07. The predicted octanol–water partition coefficient (Wildman–Crippen LogP) is 3.14. The summed E-state index contributed by atoms with van der Waals surface area (Å²) in [6, 6.07) is 5.69. The Morgan fingerprint density at radius 2 is 2.33 bits per heavy atom. The molecule has 1 aromatic carbocycles. The average molecular weight is 313 g/mol. The van der Waals surface area contributed by atoms with Gasteiger partial charge < -0.3 is 9.47 Å². The molecule has 1 aliphatic heterocycles. The van der Waals surface area contributed by atoms with Gasteiger partial charge in [-0.2, -0.15) is 0 Å². The molecule has 2 rings (SSSR count). The van der Waals surface area contributed by atoms with Gasteiger partial charge in [0.25, 0.3) is 0 Å². The van der Waals surface area contributed by atoms with Crippen molar-refractivity contribution in [3.63, 3.8) is 0 Å². The topological polar surface area (TPSA) is 35.5 Å². The molecule has 0 saturated carbocycles. The van der Waals surface area contributed by atoms with Gasteiger partial charge in [0.05, 0.1) is 7.11 Å². The van der Waals surface area contributed by atoms with Crippen molar-refractivity contribution in [1.82, 2.24) is 0 Å². The Morgan fingerprint density at radius 3 is 2.94 bits per heavy atom. The highest BCUT2D eigenvalue weighted by Crippen LogP contribution is 2.30. The smallest absolute Gasteiger partial charge is 0.168 e. The molecule has 1 unspecified atom stereocenters. The zero-order valence-corrected chi connectivity index (χ0v) is 12.2. The first-order valence-corrected chi connectivity index (χ1v) is 6.84. The highest BCUT2D eigenvalue weighted by atomic mass is 79.9. The van der Waals surface area contributed by atoms with Gasteiger partial charge in [0, 0.05) is 23.1 Å². The minimum atomic E-state index is -0.618. The summed E-state index contributed by atoms with van der Waals surface area (Å²) in [7, 11) is 1.62. The lowest BCUT2D eigenvalue weighted by Gasteiger charge is -2.22. The highest BCUT2D eigenvalue weighted by Gasteiger charge is 2.37. The molecule has 1 saturated heterocycles. The molecule has 0 radical (unpaired) electrons. The number of carbonyl (C=O) groups is 1. The first-order valence-electron chi connectivity index (χ1n) is 6.05. The quantitative estimate of drug-likeness (QED) is 0.857. The number of hydrogen-bond acceptors (Lipinski definition) is 3. The minimum absolute atomic E-state index is 0.122. The summed E-state index contributed by atoms with van der Waals surface area (Å²) in [5.74, 6) is 0.865. The van der Waals surface area contributed by atoms with Crippen molar-refractivity contribution >= 4 is 21.7 Å². The van der Waals surface area contributed by atoms with Crippen LogP contribution in [0.4, 0.5) is 0 Å². The molecule has 3 nitrogen and oxygen atoms in total. The summed E-state index contributed by atoms with van der Waals surface area (Å²) in [6.45, 7) is 2.56. The van der Waals surface area contributed by atoms with Crippen LogP contribution < -0.4 is 4.74 Å². The van der Waals surface area contributed by atoms with Crippen molar-refractivity contribution in [2.75, 3.05) is 13.7 Å². The van der Waals surface area contributed by atoms with Crippen molar-refractivity contribution in [3.8, 4) is 5.75 Å². The molecule has 4 heteroatoms. The van der Waals surface area contributed by atoms with Crippen LogP contribution in [-0.2, 0) is 16.0 Å². The van der Waals surface area contributed by atoms with E-state index in [1.807, 2.05) is 25.1 Å². The molecule has 1 fully saturated rings. The van der Waals surface area contributed by atoms with Gasteiger partial charge in [-0.3, -0.25) is 4.79 Å². The molecule has 0 N–H and O–H groups in total. The molecule has 1 aromatic rings. The molecule has 0 spiro atoms. The largest absolute Gasteiger partial charge is 0.496 e. The number of Topliss-reactive ketones (excluding diaryl/α,β-unsaturated/α-hetero) is 1. The Labute approximate surface area is 116 Å². The van der Waals surface area contributed by atoms with Crippen LogP contribution in [0.3, 0.4) is 0 Å². The Bertz CT molecular complexity index is 450. The number of benzene rings is 1. The van der Waals surface area contributed by atoms with E-state index in [9.17, 15) is 4.79 Å². The Morgan fingerprint density at radius 1 is 1.56 bits per heavy atom. The molecule has 18 heavy (non-hydrogen) atoms. The van der Waals surface area contributed by atoms with Crippen LogP contribution in [0.1, 0.15) is 25.3 Å². The van der Waals surface area contributed by atoms with Gasteiger partial charge in [-0.25, -0.2) is 0 Å². The zero-order chi connectivity index (χ0) is 13.2. The third-order valence-corrected chi connectivity index (χ3v) is 3.90. The van der Waals surface area contributed by atoms with E-state index in [2.05, 4.69) is 15.9 Å². The van der Waals surface area contributed by atoms with Crippen molar-refractivity contribution in [2.24, 2.45) is 0 Å². The van der Waals surface area contributed by atoms with E-state index < -0.39 is 5.60 Å². The van der Waals surface area contributed by atoms with E-state index in [-0.39, 0.29) is 5.78 Å². The second kappa shape index (κ2) is 5.41. The van der Waals surface area contributed by atoms with Gasteiger partial charge in [-0.15, -0.1) is 0 Å². The summed E-state index contributed by atoms with van der Waals surface area (Å²) in [6.07, 6.45) is 2.11.